The Morgan fingerprint density at radius 3 is 2.40 bits per heavy atom. The van der Waals surface area contributed by atoms with Gasteiger partial charge in [-0.25, -0.2) is 9.18 Å². The third-order valence-corrected chi connectivity index (χ3v) is 6.15. The van der Waals surface area contributed by atoms with E-state index in [2.05, 4.69) is 10.5 Å². The molecule has 174 valence electrons. The summed E-state index contributed by atoms with van der Waals surface area (Å²) in [5, 5.41) is 18.4. The van der Waals surface area contributed by atoms with Crippen molar-refractivity contribution in [2.24, 2.45) is 0 Å². The maximum absolute atomic E-state index is 14.4. The molecule has 0 saturated heterocycles. The Morgan fingerprint density at radius 2 is 1.66 bits per heavy atom. The van der Waals surface area contributed by atoms with E-state index in [1.165, 1.54) is 12.1 Å². The number of carboxylic acid groups (broad SMARTS) is 1. The predicted octanol–water partition coefficient (Wildman–Crippen LogP) is 8.70. The first kappa shape index (κ1) is 23.2. The second kappa shape index (κ2) is 9.23. The second-order valence-electron chi connectivity index (χ2n) is 7.69. The van der Waals surface area contributed by atoms with Gasteiger partial charge in [0.1, 0.15) is 5.82 Å². The van der Waals surface area contributed by atoms with Crippen LogP contribution >= 0.6 is 34.8 Å². The maximum Gasteiger partial charge on any atom is 0.336 e. The number of benzene rings is 4. The quantitative estimate of drug-likeness (QED) is 0.239. The Morgan fingerprint density at radius 1 is 0.886 bits per heavy atom. The molecule has 35 heavy (non-hydrogen) atoms. The number of fused-ring (bicyclic) bond motifs is 1. The lowest BCUT2D eigenvalue weighted by atomic mass is 9.99. The van der Waals surface area contributed by atoms with Crippen LogP contribution in [0.4, 0.5) is 15.9 Å². The second-order valence-corrected chi connectivity index (χ2v) is 8.97. The van der Waals surface area contributed by atoms with Crippen LogP contribution in [0.1, 0.15) is 10.4 Å². The average Bonchev–Trinajstić information content (AvgIpc) is 3.22. The molecule has 0 saturated carbocycles. The zero-order chi connectivity index (χ0) is 24.7. The number of nitrogens with one attached hydrogen (secondary N) is 1. The highest BCUT2D eigenvalue weighted by atomic mass is 35.5. The summed E-state index contributed by atoms with van der Waals surface area (Å²) in [6.07, 6.45) is 0. The molecule has 5 rings (SSSR count). The summed E-state index contributed by atoms with van der Waals surface area (Å²) in [6.45, 7) is 0. The number of carbonyl (C=O) groups is 1. The first-order valence-corrected chi connectivity index (χ1v) is 11.4. The number of hydrogen-bond acceptors (Lipinski definition) is 4. The van der Waals surface area contributed by atoms with Crippen LogP contribution in [0.3, 0.4) is 0 Å². The van der Waals surface area contributed by atoms with E-state index in [9.17, 15) is 14.3 Å². The summed E-state index contributed by atoms with van der Waals surface area (Å²) in [6, 6.07) is 19.6. The monoisotopic (exact) mass is 526 g/mol. The van der Waals surface area contributed by atoms with Crippen molar-refractivity contribution in [1.82, 2.24) is 5.16 Å². The van der Waals surface area contributed by atoms with E-state index in [1.54, 1.807) is 60.7 Å². The van der Waals surface area contributed by atoms with Crippen LogP contribution in [0.5, 0.6) is 0 Å². The Kier molecular flexibility index (Phi) is 6.11. The van der Waals surface area contributed by atoms with Crippen LogP contribution in [0.15, 0.2) is 77.3 Å². The van der Waals surface area contributed by atoms with Crippen molar-refractivity contribution in [3.8, 4) is 22.3 Å². The van der Waals surface area contributed by atoms with Gasteiger partial charge in [-0.15, -0.1) is 0 Å². The molecule has 0 aliphatic heterocycles. The van der Waals surface area contributed by atoms with E-state index in [0.717, 1.165) is 0 Å². The maximum atomic E-state index is 14.4. The minimum absolute atomic E-state index is 0.0316. The summed E-state index contributed by atoms with van der Waals surface area (Å²) in [5.74, 6) is -1.19. The first-order valence-electron chi connectivity index (χ1n) is 10.2. The fraction of sp³-hybridized carbons (Fsp3) is 0. The number of aromatic carboxylic acids is 1. The van der Waals surface area contributed by atoms with Gasteiger partial charge < -0.3 is 14.9 Å². The number of nitrogens with zero attached hydrogens (tertiary/aromatic N) is 1. The van der Waals surface area contributed by atoms with Crippen molar-refractivity contribution >= 4 is 63.2 Å². The molecule has 0 fully saturated rings. The molecule has 0 spiro atoms. The van der Waals surface area contributed by atoms with Gasteiger partial charge in [0.15, 0.2) is 11.4 Å². The van der Waals surface area contributed by atoms with E-state index in [1.807, 2.05) is 0 Å². The van der Waals surface area contributed by atoms with Crippen LogP contribution < -0.4 is 5.32 Å². The van der Waals surface area contributed by atoms with Gasteiger partial charge in [0.05, 0.1) is 16.0 Å². The van der Waals surface area contributed by atoms with Crippen molar-refractivity contribution in [2.45, 2.75) is 0 Å². The highest BCUT2D eigenvalue weighted by Gasteiger charge is 2.16. The Labute approximate surface area is 213 Å². The summed E-state index contributed by atoms with van der Waals surface area (Å²) in [4.78, 5) is 11.8. The molecule has 1 heterocycles. The van der Waals surface area contributed by atoms with Crippen molar-refractivity contribution < 1.29 is 18.8 Å². The molecule has 5 nitrogen and oxygen atoms in total. The summed E-state index contributed by atoms with van der Waals surface area (Å²) < 4.78 is 19.9. The van der Waals surface area contributed by atoms with E-state index in [-0.39, 0.29) is 10.6 Å². The first-order chi connectivity index (χ1) is 16.8. The SMILES string of the molecule is O=C(O)c1ccc(Nc2noc3cc(-c4cccc(Cl)c4F)ccc23)cc1-c1cc(Cl)cc(Cl)c1. The van der Waals surface area contributed by atoms with Crippen molar-refractivity contribution in [3.63, 3.8) is 0 Å². The Bertz CT molecular complexity index is 1600. The highest BCUT2D eigenvalue weighted by molar-refractivity contribution is 6.35. The molecule has 0 radical (unpaired) electrons. The fourth-order valence-corrected chi connectivity index (χ4v) is 4.52. The van der Waals surface area contributed by atoms with Gasteiger partial charge in [0, 0.05) is 21.3 Å². The zero-order valence-corrected chi connectivity index (χ0v) is 19.9. The van der Waals surface area contributed by atoms with Gasteiger partial charge in [-0.3, -0.25) is 0 Å². The third kappa shape index (κ3) is 4.56. The smallest absolute Gasteiger partial charge is 0.336 e. The largest absolute Gasteiger partial charge is 0.478 e. The molecular formula is C26H14Cl3FN2O3. The molecule has 0 aliphatic rings. The van der Waals surface area contributed by atoms with Crippen LogP contribution in [0.25, 0.3) is 33.2 Å². The fourth-order valence-electron chi connectivity index (χ4n) is 3.82. The van der Waals surface area contributed by atoms with Crippen LogP contribution in [0, 0.1) is 5.82 Å². The minimum atomic E-state index is -1.09. The summed E-state index contributed by atoms with van der Waals surface area (Å²) >= 11 is 18.2. The van der Waals surface area contributed by atoms with Gasteiger partial charge in [0.25, 0.3) is 0 Å². The molecule has 0 aliphatic carbocycles. The van der Waals surface area contributed by atoms with Crippen LogP contribution in [-0.2, 0) is 0 Å². The Hall–Kier alpha value is -3.58. The molecule has 0 unspecified atom stereocenters. The molecule has 0 atom stereocenters. The number of rotatable bonds is 5. The number of anilines is 2. The number of hydrogen-bond donors (Lipinski definition) is 2. The number of carboxylic acids is 1. The molecule has 1 aromatic heterocycles. The third-order valence-electron chi connectivity index (χ3n) is 5.42. The normalized spacial score (nSPS) is 11.1. The molecular weight excluding hydrogens is 514 g/mol. The zero-order valence-electron chi connectivity index (χ0n) is 17.7. The molecule has 9 heteroatoms. The molecule has 5 aromatic rings. The van der Waals surface area contributed by atoms with E-state index < -0.39 is 11.8 Å². The number of halogens is 4. The molecule has 4 aromatic carbocycles. The van der Waals surface area contributed by atoms with Gasteiger partial charge in [-0.1, -0.05) is 58.2 Å². The molecule has 0 amide bonds. The summed E-state index contributed by atoms with van der Waals surface area (Å²) in [7, 11) is 0. The molecule has 2 N–H and O–H groups in total. The number of aromatic nitrogens is 1. The highest BCUT2D eigenvalue weighted by Crippen LogP contribution is 2.35. The van der Waals surface area contributed by atoms with Crippen molar-refractivity contribution in [1.29, 1.82) is 0 Å². The van der Waals surface area contributed by atoms with Crippen molar-refractivity contribution in [3.05, 3.63) is 99.2 Å². The molecule has 0 bridgehead atoms. The van der Waals surface area contributed by atoms with Gasteiger partial charge >= 0.3 is 5.97 Å². The average molecular weight is 528 g/mol. The topological polar surface area (TPSA) is 75.4 Å². The van der Waals surface area contributed by atoms with E-state index in [0.29, 0.717) is 54.8 Å². The predicted molar refractivity (Wildman–Crippen MR) is 137 cm³/mol. The lowest BCUT2D eigenvalue weighted by molar-refractivity contribution is 0.0697. The summed E-state index contributed by atoms with van der Waals surface area (Å²) in [5.41, 5.74) is 3.02. The van der Waals surface area contributed by atoms with Crippen LogP contribution in [0.2, 0.25) is 15.1 Å². The Balaban J connectivity index is 1.52. The lowest BCUT2D eigenvalue weighted by Gasteiger charge is -2.11. The van der Waals surface area contributed by atoms with E-state index >= 15 is 0 Å². The van der Waals surface area contributed by atoms with Gasteiger partial charge in [-0.2, -0.15) is 0 Å². The van der Waals surface area contributed by atoms with Crippen molar-refractivity contribution in [2.75, 3.05) is 5.32 Å². The standard InChI is InChI=1S/C26H14Cl3FN2O3/c27-15-8-14(9-16(28)11-15)21-12-17(5-7-19(21)26(33)34)31-25-20-6-4-13(10-23(20)35-32-25)18-2-1-3-22(29)24(18)30/h1-12H,(H,31,32)(H,33,34). The van der Waals surface area contributed by atoms with Gasteiger partial charge in [-0.05, 0) is 71.3 Å². The minimum Gasteiger partial charge on any atom is -0.478 e. The van der Waals surface area contributed by atoms with Crippen LogP contribution in [-0.4, -0.2) is 16.2 Å². The lowest BCUT2D eigenvalue weighted by Crippen LogP contribution is -2.01. The van der Waals surface area contributed by atoms with Gasteiger partial charge in [0.2, 0.25) is 0 Å². The van der Waals surface area contributed by atoms with E-state index in [4.69, 9.17) is 39.3 Å².